The van der Waals surface area contributed by atoms with E-state index in [0.717, 1.165) is 4.68 Å². The minimum atomic E-state index is -4.34. The van der Waals surface area contributed by atoms with Gasteiger partial charge in [0.25, 0.3) is 5.91 Å². The number of nitrogens with one attached hydrogen (secondary N) is 1. The van der Waals surface area contributed by atoms with Gasteiger partial charge in [-0.1, -0.05) is 6.07 Å². The van der Waals surface area contributed by atoms with Gasteiger partial charge in [-0.15, -0.1) is 0 Å². The zero-order valence-corrected chi connectivity index (χ0v) is 14.8. The fraction of sp³-hybridized carbons (Fsp3) is 0.500. The van der Waals surface area contributed by atoms with Crippen LogP contribution in [0.5, 0.6) is 0 Å². The van der Waals surface area contributed by atoms with Gasteiger partial charge in [-0.3, -0.25) is 9.78 Å². The molecule has 2 aliphatic heterocycles. The Morgan fingerprint density at radius 3 is 2.85 bits per heavy atom. The summed E-state index contributed by atoms with van der Waals surface area (Å²) in [6.45, 7) is 2.70. The highest BCUT2D eigenvalue weighted by Gasteiger charge is 2.46. The number of halogens is 3. The zero-order valence-electron chi connectivity index (χ0n) is 14.8. The lowest BCUT2D eigenvalue weighted by Gasteiger charge is -2.31. The van der Waals surface area contributed by atoms with Crippen LogP contribution in [0.1, 0.15) is 47.9 Å². The SMILES string of the molecule is C[C@@H]1C[C@H](C(F)(F)F)n2nc([C@H]3CCN(C(=O)c4ccccn4)C3)cc2N1. The average molecular weight is 379 g/mol. The van der Waals surface area contributed by atoms with Gasteiger partial charge < -0.3 is 10.2 Å². The number of amides is 1. The molecule has 2 aromatic rings. The maximum absolute atomic E-state index is 13.4. The maximum Gasteiger partial charge on any atom is 0.410 e. The van der Waals surface area contributed by atoms with E-state index in [0.29, 0.717) is 36.7 Å². The fourth-order valence-corrected chi connectivity index (χ4v) is 3.81. The Morgan fingerprint density at radius 2 is 2.15 bits per heavy atom. The molecule has 27 heavy (non-hydrogen) atoms. The summed E-state index contributed by atoms with van der Waals surface area (Å²) in [5.74, 6) is 0.143. The molecule has 1 saturated heterocycles. The van der Waals surface area contributed by atoms with Crippen molar-refractivity contribution in [1.29, 1.82) is 0 Å². The lowest BCUT2D eigenvalue weighted by molar-refractivity contribution is -0.173. The van der Waals surface area contributed by atoms with Crippen LogP contribution in [0.15, 0.2) is 30.5 Å². The second-order valence-electron chi connectivity index (χ2n) is 7.19. The number of nitrogens with zero attached hydrogens (tertiary/aromatic N) is 4. The molecule has 0 aromatic carbocycles. The summed E-state index contributed by atoms with van der Waals surface area (Å²) >= 11 is 0. The normalized spacial score (nSPS) is 25.2. The first kappa shape index (κ1) is 17.8. The van der Waals surface area contributed by atoms with E-state index in [-0.39, 0.29) is 24.3 Å². The lowest BCUT2D eigenvalue weighted by atomic mass is 10.0. The Labute approximate surface area is 154 Å². The Kier molecular flexibility index (Phi) is 4.32. The number of anilines is 1. The summed E-state index contributed by atoms with van der Waals surface area (Å²) in [5.41, 5.74) is 0.965. The van der Waals surface area contributed by atoms with E-state index in [2.05, 4.69) is 15.4 Å². The molecule has 2 aromatic heterocycles. The van der Waals surface area contributed by atoms with Gasteiger partial charge in [-0.2, -0.15) is 18.3 Å². The molecule has 1 N–H and O–H groups in total. The summed E-state index contributed by atoms with van der Waals surface area (Å²) in [5, 5.41) is 7.34. The Bertz CT molecular complexity index is 835. The number of carbonyl (C=O) groups excluding carboxylic acids is 1. The summed E-state index contributed by atoms with van der Waals surface area (Å²) in [6, 6.07) is 4.94. The summed E-state index contributed by atoms with van der Waals surface area (Å²) in [7, 11) is 0. The third kappa shape index (κ3) is 3.38. The molecule has 0 saturated carbocycles. The number of carbonyl (C=O) groups is 1. The number of fused-ring (bicyclic) bond motifs is 1. The van der Waals surface area contributed by atoms with Crippen LogP contribution >= 0.6 is 0 Å². The number of alkyl halides is 3. The van der Waals surface area contributed by atoms with Crippen molar-refractivity contribution in [1.82, 2.24) is 19.7 Å². The van der Waals surface area contributed by atoms with Gasteiger partial charge in [-0.25, -0.2) is 4.68 Å². The molecule has 6 nitrogen and oxygen atoms in total. The molecule has 0 unspecified atom stereocenters. The van der Waals surface area contributed by atoms with Crippen molar-refractivity contribution >= 4 is 11.7 Å². The molecule has 0 aliphatic carbocycles. The second kappa shape index (κ2) is 6.54. The van der Waals surface area contributed by atoms with Gasteiger partial charge in [0.15, 0.2) is 6.04 Å². The third-order valence-corrected chi connectivity index (χ3v) is 5.18. The van der Waals surface area contributed by atoms with Crippen molar-refractivity contribution in [2.45, 2.75) is 43.9 Å². The molecule has 0 spiro atoms. The van der Waals surface area contributed by atoms with E-state index in [4.69, 9.17) is 0 Å². The first-order valence-corrected chi connectivity index (χ1v) is 8.96. The largest absolute Gasteiger partial charge is 0.410 e. The smallest absolute Gasteiger partial charge is 0.368 e. The fourth-order valence-electron chi connectivity index (χ4n) is 3.81. The van der Waals surface area contributed by atoms with Crippen LogP contribution in [0.25, 0.3) is 0 Å². The Hall–Kier alpha value is -2.58. The van der Waals surface area contributed by atoms with E-state index >= 15 is 0 Å². The van der Waals surface area contributed by atoms with Crippen molar-refractivity contribution in [3.05, 3.63) is 41.9 Å². The standard InChI is InChI=1S/C18H20F3N5O/c1-11-8-15(18(19,20)21)26-16(23-11)9-14(24-26)12-5-7-25(10-12)17(27)13-4-2-3-6-22-13/h2-4,6,9,11-12,15,23H,5,7-8,10H2,1H3/t11-,12+,15-/m1/s1. The monoisotopic (exact) mass is 379 g/mol. The zero-order chi connectivity index (χ0) is 19.2. The summed E-state index contributed by atoms with van der Waals surface area (Å²) in [6.07, 6.45) is -2.16. The number of hydrogen-bond acceptors (Lipinski definition) is 4. The molecular formula is C18H20F3N5O. The number of aromatic nitrogens is 3. The first-order chi connectivity index (χ1) is 12.8. The van der Waals surface area contributed by atoms with Crippen molar-refractivity contribution in [2.24, 2.45) is 0 Å². The quantitative estimate of drug-likeness (QED) is 0.870. The molecule has 3 atom stereocenters. The lowest BCUT2D eigenvalue weighted by Crippen LogP contribution is -2.37. The first-order valence-electron chi connectivity index (χ1n) is 8.96. The summed E-state index contributed by atoms with van der Waals surface area (Å²) < 4.78 is 41.2. The van der Waals surface area contributed by atoms with Crippen molar-refractivity contribution in [3.8, 4) is 0 Å². The van der Waals surface area contributed by atoms with Crippen molar-refractivity contribution < 1.29 is 18.0 Å². The molecule has 144 valence electrons. The molecule has 4 heterocycles. The molecule has 9 heteroatoms. The highest BCUT2D eigenvalue weighted by atomic mass is 19.4. The Morgan fingerprint density at radius 1 is 1.33 bits per heavy atom. The maximum atomic E-state index is 13.4. The van der Waals surface area contributed by atoms with Crippen LogP contribution < -0.4 is 5.32 Å². The van der Waals surface area contributed by atoms with Gasteiger partial charge >= 0.3 is 6.18 Å². The van der Waals surface area contributed by atoms with E-state index in [1.54, 1.807) is 42.3 Å². The predicted molar refractivity (Wildman–Crippen MR) is 92.5 cm³/mol. The van der Waals surface area contributed by atoms with E-state index in [9.17, 15) is 18.0 Å². The van der Waals surface area contributed by atoms with Gasteiger partial charge in [0.1, 0.15) is 11.5 Å². The van der Waals surface area contributed by atoms with Crippen LogP contribution in [0, 0.1) is 0 Å². The second-order valence-corrected chi connectivity index (χ2v) is 7.19. The van der Waals surface area contributed by atoms with E-state index in [1.807, 2.05) is 0 Å². The summed E-state index contributed by atoms with van der Waals surface area (Å²) in [4.78, 5) is 18.3. The van der Waals surface area contributed by atoms with Gasteiger partial charge in [-0.05, 0) is 31.9 Å². The van der Waals surface area contributed by atoms with E-state index in [1.165, 1.54) is 0 Å². The minimum absolute atomic E-state index is 0.0490. The van der Waals surface area contributed by atoms with Crippen LogP contribution in [-0.4, -0.2) is 50.9 Å². The van der Waals surface area contributed by atoms with E-state index < -0.39 is 12.2 Å². The minimum Gasteiger partial charge on any atom is -0.368 e. The highest BCUT2D eigenvalue weighted by molar-refractivity contribution is 5.92. The Balaban J connectivity index is 1.53. The highest BCUT2D eigenvalue weighted by Crippen LogP contribution is 2.40. The third-order valence-electron chi connectivity index (χ3n) is 5.18. The molecule has 2 aliphatic rings. The van der Waals surface area contributed by atoms with Gasteiger partial charge in [0, 0.05) is 37.3 Å². The number of likely N-dealkylation sites (tertiary alicyclic amines) is 1. The topological polar surface area (TPSA) is 63.1 Å². The molecule has 0 radical (unpaired) electrons. The number of rotatable bonds is 2. The van der Waals surface area contributed by atoms with Crippen LogP contribution in [0.4, 0.5) is 19.0 Å². The number of hydrogen-bond donors (Lipinski definition) is 1. The average Bonchev–Trinajstić information content (AvgIpc) is 3.27. The molecular weight excluding hydrogens is 359 g/mol. The molecule has 0 bridgehead atoms. The van der Waals surface area contributed by atoms with Crippen molar-refractivity contribution in [2.75, 3.05) is 18.4 Å². The molecule has 1 amide bonds. The van der Waals surface area contributed by atoms with Crippen LogP contribution in [0.2, 0.25) is 0 Å². The van der Waals surface area contributed by atoms with Crippen molar-refractivity contribution in [3.63, 3.8) is 0 Å². The van der Waals surface area contributed by atoms with Crippen LogP contribution in [-0.2, 0) is 0 Å². The molecule has 1 fully saturated rings. The van der Waals surface area contributed by atoms with Crippen LogP contribution in [0.3, 0.4) is 0 Å². The predicted octanol–water partition coefficient (Wildman–Crippen LogP) is 3.22. The van der Waals surface area contributed by atoms with Gasteiger partial charge in [0.2, 0.25) is 0 Å². The molecule has 4 rings (SSSR count). The number of pyridine rings is 1. The van der Waals surface area contributed by atoms with Gasteiger partial charge in [0.05, 0.1) is 5.69 Å².